The third-order valence-corrected chi connectivity index (χ3v) is 6.02. The van der Waals surface area contributed by atoms with Crippen LogP contribution < -0.4 is 5.32 Å². The third-order valence-electron chi connectivity index (χ3n) is 6.02. The minimum absolute atomic E-state index is 0.0476. The summed E-state index contributed by atoms with van der Waals surface area (Å²) in [5.74, 6) is 0.0637. The van der Waals surface area contributed by atoms with Crippen molar-refractivity contribution in [1.82, 2.24) is 19.6 Å². The molecule has 166 valence electrons. The van der Waals surface area contributed by atoms with Gasteiger partial charge in [-0.3, -0.25) is 14.3 Å². The van der Waals surface area contributed by atoms with Crippen molar-refractivity contribution in [3.63, 3.8) is 0 Å². The van der Waals surface area contributed by atoms with Crippen molar-refractivity contribution in [2.75, 3.05) is 38.1 Å². The van der Waals surface area contributed by atoms with Crippen molar-refractivity contribution < 1.29 is 19.1 Å². The predicted molar refractivity (Wildman–Crippen MR) is 112 cm³/mol. The van der Waals surface area contributed by atoms with Crippen LogP contribution in [0.1, 0.15) is 57.7 Å². The fraction of sp³-hybridized carbons (Fsp3) is 0.714. The molecule has 1 aromatic rings. The van der Waals surface area contributed by atoms with Crippen molar-refractivity contribution in [2.24, 2.45) is 5.92 Å². The third kappa shape index (κ3) is 5.12. The second-order valence-electron chi connectivity index (χ2n) is 8.12. The average molecular weight is 420 g/mol. The fourth-order valence-corrected chi connectivity index (χ4v) is 4.10. The smallest absolute Gasteiger partial charge is 0.409 e. The van der Waals surface area contributed by atoms with Crippen molar-refractivity contribution in [3.8, 4) is 0 Å². The normalized spacial score (nSPS) is 18.8. The Morgan fingerprint density at radius 2 is 1.77 bits per heavy atom. The summed E-state index contributed by atoms with van der Waals surface area (Å²) in [4.78, 5) is 40.7. The zero-order valence-electron chi connectivity index (χ0n) is 18.2. The van der Waals surface area contributed by atoms with Crippen molar-refractivity contribution in [2.45, 2.75) is 58.9 Å². The zero-order chi connectivity index (χ0) is 21.7. The van der Waals surface area contributed by atoms with Gasteiger partial charge in [-0.1, -0.05) is 19.3 Å². The number of nitrogens with zero attached hydrogens (tertiary/aromatic N) is 4. The Morgan fingerprint density at radius 3 is 2.40 bits per heavy atom. The molecule has 3 amide bonds. The molecule has 1 atom stereocenters. The van der Waals surface area contributed by atoms with Gasteiger partial charge in [-0.05, 0) is 33.6 Å². The number of aryl methyl sites for hydroxylation is 1. The minimum Gasteiger partial charge on any atom is -0.450 e. The molecule has 0 aromatic carbocycles. The molecule has 3 rings (SSSR count). The number of ether oxygens (including phenoxy) is 1. The second kappa shape index (κ2) is 9.95. The first-order valence-electron chi connectivity index (χ1n) is 11.0. The molecule has 1 unspecified atom stereocenters. The summed E-state index contributed by atoms with van der Waals surface area (Å²) >= 11 is 0. The van der Waals surface area contributed by atoms with Crippen LogP contribution in [0.4, 0.5) is 10.5 Å². The van der Waals surface area contributed by atoms with E-state index in [1.54, 1.807) is 34.5 Å². The van der Waals surface area contributed by atoms with Gasteiger partial charge in [0.05, 0.1) is 18.0 Å². The fourth-order valence-electron chi connectivity index (χ4n) is 4.10. The number of hydrogen-bond donors (Lipinski definition) is 1. The second-order valence-corrected chi connectivity index (χ2v) is 8.12. The van der Waals surface area contributed by atoms with Gasteiger partial charge in [0.1, 0.15) is 6.04 Å². The lowest BCUT2D eigenvalue weighted by molar-refractivity contribution is -0.136. The molecule has 2 heterocycles. The molecule has 0 radical (unpaired) electrons. The molecule has 9 heteroatoms. The molecule has 1 aliphatic heterocycles. The molecular weight excluding hydrogens is 386 g/mol. The number of hydrogen-bond acceptors (Lipinski definition) is 5. The number of nitrogens with one attached hydrogen (secondary N) is 1. The summed E-state index contributed by atoms with van der Waals surface area (Å²) in [6.07, 6.45) is 6.69. The first kappa shape index (κ1) is 22.1. The summed E-state index contributed by atoms with van der Waals surface area (Å²) in [6.45, 7) is 7.60. The van der Waals surface area contributed by atoms with Crippen LogP contribution in [0.25, 0.3) is 0 Å². The maximum Gasteiger partial charge on any atom is 0.409 e. The number of rotatable bonds is 5. The van der Waals surface area contributed by atoms with Gasteiger partial charge >= 0.3 is 6.09 Å². The maximum absolute atomic E-state index is 12.9. The summed E-state index contributed by atoms with van der Waals surface area (Å²) in [6, 6.07) is -0.488. The number of anilines is 1. The van der Waals surface area contributed by atoms with Crippen LogP contribution in [-0.2, 0) is 14.3 Å². The lowest BCUT2D eigenvalue weighted by atomic mass is 9.88. The van der Waals surface area contributed by atoms with Gasteiger partial charge in [-0.25, -0.2) is 4.79 Å². The number of amides is 3. The standard InChI is InChI=1S/C21H33N5O4/c1-4-30-21(29)25-12-10-24(11-13-25)20(28)16(3)26-14-18(15(2)23-26)22-19(27)17-8-6-5-7-9-17/h14,16-17H,4-13H2,1-3H3,(H,22,27). The molecule has 1 N–H and O–H groups in total. The summed E-state index contributed by atoms with van der Waals surface area (Å²) in [7, 11) is 0. The van der Waals surface area contributed by atoms with Crippen LogP contribution in [-0.4, -0.2) is 70.3 Å². The average Bonchev–Trinajstić information content (AvgIpc) is 3.13. The van der Waals surface area contributed by atoms with Gasteiger partial charge in [0.2, 0.25) is 11.8 Å². The van der Waals surface area contributed by atoms with Gasteiger partial charge in [0.25, 0.3) is 0 Å². The minimum atomic E-state index is -0.488. The highest BCUT2D eigenvalue weighted by Crippen LogP contribution is 2.26. The van der Waals surface area contributed by atoms with E-state index in [1.165, 1.54) is 6.42 Å². The van der Waals surface area contributed by atoms with E-state index in [0.717, 1.165) is 25.7 Å². The van der Waals surface area contributed by atoms with E-state index in [-0.39, 0.29) is 23.8 Å². The zero-order valence-corrected chi connectivity index (χ0v) is 18.2. The molecule has 1 saturated heterocycles. The van der Waals surface area contributed by atoms with Crippen LogP contribution in [0.15, 0.2) is 6.20 Å². The lowest BCUT2D eigenvalue weighted by Gasteiger charge is -2.35. The van der Waals surface area contributed by atoms with E-state index >= 15 is 0 Å². The molecule has 1 saturated carbocycles. The Morgan fingerprint density at radius 1 is 1.13 bits per heavy atom. The maximum atomic E-state index is 12.9. The molecule has 0 bridgehead atoms. The van der Waals surface area contributed by atoms with E-state index in [0.29, 0.717) is 44.2 Å². The number of aromatic nitrogens is 2. The Hall–Kier alpha value is -2.58. The molecule has 2 fully saturated rings. The SMILES string of the molecule is CCOC(=O)N1CCN(C(=O)C(C)n2cc(NC(=O)C3CCCCC3)c(C)n2)CC1. The molecule has 2 aliphatic rings. The molecule has 9 nitrogen and oxygen atoms in total. The van der Waals surface area contributed by atoms with Gasteiger partial charge < -0.3 is 19.9 Å². The van der Waals surface area contributed by atoms with Crippen LogP contribution >= 0.6 is 0 Å². The molecule has 1 aromatic heterocycles. The van der Waals surface area contributed by atoms with Crippen molar-refractivity contribution >= 4 is 23.6 Å². The van der Waals surface area contributed by atoms with Crippen LogP contribution in [0.2, 0.25) is 0 Å². The van der Waals surface area contributed by atoms with E-state index < -0.39 is 6.04 Å². The topological polar surface area (TPSA) is 96.8 Å². The monoisotopic (exact) mass is 419 g/mol. The summed E-state index contributed by atoms with van der Waals surface area (Å²) in [5, 5.41) is 7.46. The first-order valence-corrected chi connectivity index (χ1v) is 11.0. The Bertz CT molecular complexity index is 763. The Balaban J connectivity index is 1.57. The van der Waals surface area contributed by atoms with Gasteiger partial charge in [-0.15, -0.1) is 0 Å². The number of carbonyl (C=O) groups is 3. The number of piperazine rings is 1. The Kier molecular flexibility index (Phi) is 7.33. The van der Waals surface area contributed by atoms with Gasteiger partial charge in [-0.2, -0.15) is 5.10 Å². The molecule has 30 heavy (non-hydrogen) atoms. The van der Waals surface area contributed by atoms with Gasteiger partial charge in [0.15, 0.2) is 0 Å². The van der Waals surface area contributed by atoms with Crippen molar-refractivity contribution in [3.05, 3.63) is 11.9 Å². The summed E-state index contributed by atoms with van der Waals surface area (Å²) in [5.41, 5.74) is 1.36. The summed E-state index contributed by atoms with van der Waals surface area (Å²) < 4.78 is 6.64. The van der Waals surface area contributed by atoms with Crippen LogP contribution in [0, 0.1) is 12.8 Å². The van der Waals surface area contributed by atoms with E-state index in [1.807, 2.05) is 6.92 Å². The predicted octanol–water partition coefficient (Wildman–Crippen LogP) is 2.57. The molecule has 0 spiro atoms. The largest absolute Gasteiger partial charge is 0.450 e. The Labute approximate surface area is 177 Å². The lowest BCUT2D eigenvalue weighted by Crippen LogP contribution is -2.52. The highest BCUT2D eigenvalue weighted by atomic mass is 16.6. The molecular formula is C21H33N5O4. The molecule has 1 aliphatic carbocycles. The highest BCUT2D eigenvalue weighted by Gasteiger charge is 2.29. The quantitative estimate of drug-likeness (QED) is 0.791. The van der Waals surface area contributed by atoms with Crippen LogP contribution in [0.3, 0.4) is 0 Å². The highest BCUT2D eigenvalue weighted by molar-refractivity contribution is 5.93. The van der Waals surface area contributed by atoms with E-state index in [9.17, 15) is 14.4 Å². The van der Waals surface area contributed by atoms with E-state index in [4.69, 9.17) is 4.74 Å². The van der Waals surface area contributed by atoms with Crippen molar-refractivity contribution in [1.29, 1.82) is 0 Å². The van der Waals surface area contributed by atoms with Crippen LogP contribution in [0.5, 0.6) is 0 Å². The first-order chi connectivity index (χ1) is 14.4. The number of carbonyl (C=O) groups excluding carboxylic acids is 3. The van der Waals surface area contributed by atoms with E-state index in [2.05, 4.69) is 10.4 Å². The van der Waals surface area contributed by atoms with Gasteiger partial charge in [0, 0.05) is 38.3 Å².